The van der Waals surface area contributed by atoms with E-state index in [1.54, 1.807) is 12.3 Å². The maximum Gasteiger partial charge on any atom is 0.416 e. The van der Waals surface area contributed by atoms with Gasteiger partial charge in [0.15, 0.2) is 0 Å². The fraction of sp³-hybridized carbons (Fsp3) is 0.158. The number of anilines is 3. The van der Waals surface area contributed by atoms with Crippen LogP contribution in [-0.4, -0.2) is 16.5 Å². The molecular weight excluding hydrogens is 377 g/mol. The molecule has 1 heterocycles. The number of nitrogens with one attached hydrogen (secondary N) is 2. The molecule has 0 aliphatic rings. The van der Waals surface area contributed by atoms with E-state index in [-0.39, 0.29) is 0 Å². The van der Waals surface area contributed by atoms with Gasteiger partial charge < -0.3 is 10.6 Å². The summed E-state index contributed by atoms with van der Waals surface area (Å²) in [6, 6.07) is 14.0. The highest BCUT2D eigenvalue weighted by atomic mass is 35.5. The lowest BCUT2D eigenvalue weighted by molar-refractivity contribution is -0.137. The van der Waals surface area contributed by atoms with Crippen molar-refractivity contribution in [1.82, 2.24) is 9.97 Å². The number of nitrogens with zero attached hydrogens (tertiary/aromatic N) is 2. The van der Waals surface area contributed by atoms with Crippen LogP contribution < -0.4 is 10.6 Å². The molecule has 3 aromatic rings. The Morgan fingerprint density at radius 2 is 1.63 bits per heavy atom. The largest absolute Gasteiger partial charge is 0.416 e. The van der Waals surface area contributed by atoms with Crippen molar-refractivity contribution in [2.45, 2.75) is 12.6 Å². The molecule has 0 saturated carbocycles. The molecule has 3 rings (SSSR count). The predicted molar refractivity (Wildman–Crippen MR) is 100 cm³/mol. The van der Waals surface area contributed by atoms with Gasteiger partial charge in [0.1, 0.15) is 5.82 Å². The molecular formula is C19H16ClF3N4. The van der Waals surface area contributed by atoms with Crippen molar-refractivity contribution >= 4 is 29.1 Å². The first kappa shape index (κ1) is 19.0. The number of aromatic nitrogens is 2. The summed E-state index contributed by atoms with van der Waals surface area (Å²) < 4.78 is 37.8. The molecule has 2 aromatic carbocycles. The Bertz CT molecular complexity index is 881. The lowest BCUT2D eigenvalue weighted by Gasteiger charge is -2.10. The van der Waals surface area contributed by atoms with Gasteiger partial charge in [-0.3, -0.25) is 0 Å². The maximum atomic E-state index is 12.6. The van der Waals surface area contributed by atoms with Crippen LogP contribution in [0.15, 0.2) is 60.8 Å². The highest BCUT2D eigenvalue weighted by molar-refractivity contribution is 6.30. The minimum atomic E-state index is -4.36. The van der Waals surface area contributed by atoms with E-state index in [1.165, 1.54) is 12.1 Å². The number of rotatable bonds is 6. The molecule has 0 spiro atoms. The Morgan fingerprint density at radius 3 is 2.30 bits per heavy atom. The molecule has 2 N–H and O–H groups in total. The van der Waals surface area contributed by atoms with Gasteiger partial charge in [0.2, 0.25) is 5.95 Å². The van der Waals surface area contributed by atoms with Crippen molar-refractivity contribution in [3.8, 4) is 0 Å². The van der Waals surface area contributed by atoms with E-state index in [0.717, 1.165) is 24.1 Å². The van der Waals surface area contributed by atoms with Crippen LogP contribution in [0.2, 0.25) is 5.02 Å². The van der Waals surface area contributed by atoms with Gasteiger partial charge in [-0.15, -0.1) is 0 Å². The Hall–Kier alpha value is -2.80. The van der Waals surface area contributed by atoms with Gasteiger partial charge in [-0.25, -0.2) is 4.98 Å². The highest BCUT2D eigenvalue weighted by Gasteiger charge is 2.29. The zero-order chi connectivity index (χ0) is 19.3. The molecule has 8 heteroatoms. The van der Waals surface area contributed by atoms with Crippen LogP contribution in [-0.2, 0) is 12.6 Å². The number of hydrogen-bond acceptors (Lipinski definition) is 4. The Balaban J connectivity index is 1.57. The van der Waals surface area contributed by atoms with Gasteiger partial charge in [0, 0.05) is 23.5 Å². The van der Waals surface area contributed by atoms with E-state index in [2.05, 4.69) is 20.6 Å². The minimum absolute atomic E-state index is 0.297. The first-order valence-corrected chi connectivity index (χ1v) is 8.53. The quantitative estimate of drug-likeness (QED) is 0.577. The van der Waals surface area contributed by atoms with E-state index in [1.807, 2.05) is 24.3 Å². The number of halogens is 4. The monoisotopic (exact) mass is 392 g/mol. The molecule has 0 radical (unpaired) electrons. The van der Waals surface area contributed by atoms with Gasteiger partial charge in [-0.2, -0.15) is 18.2 Å². The Kier molecular flexibility index (Phi) is 5.81. The van der Waals surface area contributed by atoms with Gasteiger partial charge in [-0.1, -0.05) is 23.7 Å². The van der Waals surface area contributed by atoms with Crippen molar-refractivity contribution in [2.75, 3.05) is 17.2 Å². The molecule has 0 aliphatic carbocycles. The van der Waals surface area contributed by atoms with Crippen molar-refractivity contribution < 1.29 is 13.2 Å². The van der Waals surface area contributed by atoms with Crippen LogP contribution in [0.4, 0.5) is 30.6 Å². The second-order valence-electron chi connectivity index (χ2n) is 5.77. The molecule has 0 unspecified atom stereocenters. The van der Waals surface area contributed by atoms with Crippen LogP contribution in [0, 0.1) is 0 Å². The van der Waals surface area contributed by atoms with Crippen molar-refractivity contribution in [2.24, 2.45) is 0 Å². The lowest BCUT2D eigenvalue weighted by Crippen LogP contribution is -2.08. The number of hydrogen-bond donors (Lipinski definition) is 2. The standard InChI is InChI=1S/C19H16ClF3N4/c20-15-5-1-13(2-6-15)9-11-24-17-10-12-25-18(27-17)26-16-7-3-14(4-8-16)19(21,22)23/h1-8,10,12H,9,11H2,(H2,24,25,26,27). The Morgan fingerprint density at radius 1 is 0.926 bits per heavy atom. The molecule has 0 aliphatic heterocycles. The Labute approximate surface area is 159 Å². The average Bonchev–Trinajstić information content (AvgIpc) is 2.63. The average molecular weight is 393 g/mol. The van der Waals surface area contributed by atoms with Crippen LogP contribution in [0.5, 0.6) is 0 Å². The second kappa shape index (κ2) is 8.26. The second-order valence-corrected chi connectivity index (χ2v) is 6.21. The summed E-state index contributed by atoms with van der Waals surface area (Å²) in [6.07, 6.45) is -1.99. The van der Waals surface area contributed by atoms with Gasteiger partial charge in [0.25, 0.3) is 0 Å². The van der Waals surface area contributed by atoms with Crippen molar-refractivity contribution in [3.63, 3.8) is 0 Å². The minimum Gasteiger partial charge on any atom is -0.370 e. The molecule has 0 amide bonds. The van der Waals surface area contributed by atoms with Gasteiger partial charge in [-0.05, 0) is 54.4 Å². The van der Waals surface area contributed by atoms with Crippen LogP contribution in [0.1, 0.15) is 11.1 Å². The van der Waals surface area contributed by atoms with Crippen LogP contribution >= 0.6 is 11.6 Å². The fourth-order valence-electron chi connectivity index (χ4n) is 2.38. The summed E-state index contributed by atoms with van der Waals surface area (Å²) in [6.45, 7) is 0.665. The number of alkyl halides is 3. The van der Waals surface area contributed by atoms with Gasteiger partial charge in [0.05, 0.1) is 5.56 Å². The summed E-state index contributed by atoms with van der Waals surface area (Å²) in [4.78, 5) is 8.39. The number of benzene rings is 2. The molecule has 0 saturated heterocycles. The molecule has 0 fully saturated rings. The zero-order valence-corrected chi connectivity index (χ0v) is 14.8. The normalized spacial score (nSPS) is 11.3. The summed E-state index contributed by atoms with van der Waals surface area (Å²) in [5.74, 6) is 0.916. The summed E-state index contributed by atoms with van der Waals surface area (Å²) >= 11 is 5.86. The third kappa shape index (κ3) is 5.59. The van der Waals surface area contributed by atoms with Crippen LogP contribution in [0.3, 0.4) is 0 Å². The molecule has 140 valence electrons. The highest BCUT2D eigenvalue weighted by Crippen LogP contribution is 2.30. The predicted octanol–water partition coefficient (Wildman–Crippen LogP) is 5.55. The van der Waals surface area contributed by atoms with E-state index >= 15 is 0 Å². The molecule has 1 aromatic heterocycles. The first-order chi connectivity index (χ1) is 12.9. The SMILES string of the molecule is FC(F)(F)c1ccc(Nc2nccc(NCCc3ccc(Cl)cc3)n2)cc1. The van der Waals surface area contributed by atoms with E-state index in [0.29, 0.717) is 29.0 Å². The summed E-state index contributed by atoms with van der Waals surface area (Å²) in [5.41, 5.74) is 0.914. The summed E-state index contributed by atoms with van der Waals surface area (Å²) in [5, 5.41) is 6.78. The third-order valence-corrected chi connectivity index (χ3v) is 4.01. The molecule has 27 heavy (non-hydrogen) atoms. The first-order valence-electron chi connectivity index (χ1n) is 8.16. The van der Waals surface area contributed by atoms with E-state index < -0.39 is 11.7 Å². The van der Waals surface area contributed by atoms with E-state index in [9.17, 15) is 13.2 Å². The molecule has 0 atom stereocenters. The third-order valence-electron chi connectivity index (χ3n) is 3.76. The fourth-order valence-corrected chi connectivity index (χ4v) is 2.50. The molecule has 4 nitrogen and oxygen atoms in total. The maximum absolute atomic E-state index is 12.6. The topological polar surface area (TPSA) is 49.8 Å². The van der Waals surface area contributed by atoms with E-state index in [4.69, 9.17) is 11.6 Å². The smallest absolute Gasteiger partial charge is 0.370 e. The van der Waals surface area contributed by atoms with Crippen molar-refractivity contribution in [1.29, 1.82) is 0 Å². The van der Waals surface area contributed by atoms with Crippen LogP contribution in [0.25, 0.3) is 0 Å². The van der Waals surface area contributed by atoms with Crippen molar-refractivity contribution in [3.05, 3.63) is 76.9 Å². The zero-order valence-electron chi connectivity index (χ0n) is 14.1. The molecule has 0 bridgehead atoms. The van der Waals surface area contributed by atoms with Gasteiger partial charge >= 0.3 is 6.18 Å². The summed E-state index contributed by atoms with van der Waals surface area (Å²) in [7, 11) is 0. The lowest BCUT2D eigenvalue weighted by atomic mass is 10.1.